The number of H-pyrrole nitrogens is 1. The molecular weight excluding hydrogens is 294 g/mol. The first kappa shape index (κ1) is 11.2. The molecule has 2 aromatic rings. The minimum Gasteiger partial charge on any atom is -0.351 e. The number of nitrogens with one attached hydrogen (secondary N) is 2. The maximum atomic E-state index is 11.8. The van der Waals surface area contributed by atoms with Crippen molar-refractivity contribution in [3.8, 4) is 0 Å². The van der Waals surface area contributed by atoms with Crippen LogP contribution in [0.5, 0.6) is 0 Å². The Balaban J connectivity index is 2.29. The minimum atomic E-state index is -3.58. The van der Waals surface area contributed by atoms with Crippen molar-refractivity contribution in [3.05, 3.63) is 41.1 Å². The van der Waals surface area contributed by atoms with Crippen LogP contribution < -0.4 is 4.72 Å². The van der Waals surface area contributed by atoms with Gasteiger partial charge >= 0.3 is 0 Å². The lowest BCUT2D eigenvalue weighted by molar-refractivity contribution is 0.598. The highest BCUT2D eigenvalue weighted by Gasteiger charge is 2.15. The third-order valence-electron chi connectivity index (χ3n) is 1.82. The van der Waals surface area contributed by atoms with E-state index >= 15 is 0 Å². The van der Waals surface area contributed by atoms with Crippen molar-refractivity contribution in [3.63, 3.8) is 0 Å². The SMILES string of the molecule is O=S(=O)(Nc1cc(Br)ccn1)c1ccc[nH]1. The summed E-state index contributed by atoms with van der Waals surface area (Å²) in [4.78, 5) is 6.52. The van der Waals surface area contributed by atoms with Gasteiger partial charge in [-0.15, -0.1) is 0 Å². The van der Waals surface area contributed by atoms with E-state index in [9.17, 15) is 8.42 Å². The summed E-state index contributed by atoms with van der Waals surface area (Å²) >= 11 is 3.24. The Kier molecular flexibility index (Phi) is 2.97. The van der Waals surface area contributed by atoms with Crippen molar-refractivity contribution >= 4 is 31.8 Å². The zero-order chi connectivity index (χ0) is 11.6. The first-order chi connectivity index (χ1) is 7.58. The molecule has 2 aromatic heterocycles. The van der Waals surface area contributed by atoms with Gasteiger partial charge in [-0.1, -0.05) is 15.9 Å². The van der Waals surface area contributed by atoms with E-state index in [1.807, 2.05) is 0 Å². The number of hydrogen-bond donors (Lipinski definition) is 2. The molecule has 0 bridgehead atoms. The number of nitrogens with zero attached hydrogens (tertiary/aromatic N) is 1. The predicted molar refractivity (Wildman–Crippen MR) is 63.5 cm³/mol. The van der Waals surface area contributed by atoms with E-state index in [0.717, 1.165) is 4.47 Å². The molecule has 0 fully saturated rings. The van der Waals surface area contributed by atoms with Crippen LogP contribution >= 0.6 is 15.9 Å². The highest BCUT2D eigenvalue weighted by Crippen LogP contribution is 2.16. The van der Waals surface area contributed by atoms with Crippen LogP contribution in [0.25, 0.3) is 0 Å². The number of aromatic nitrogens is 2. The second-order valence-corrected chi connectivity index (χ2v) is 5.57. The number of sulfonamides is 1. The lowest BCUT2D eigenvalue weighted by Crippen LogP contribution is -2.14. The van der Waals surface area contributed by atoms with Gasteiger partial charge in [0, 0.05) is 16.9 Å². The van der Waals surface area contributed by atoms with Gasteiger partial charge in [-0.2, -0.15) is 8.42 Å². The van der Waals surface area contributed by atoms with Gasteiger partial charge in [0.25, 0.3) is 10.0 Å². The Morgan fingerprint density at radius 1 is 1.38 bits per heavy atom. The van der Waals surface area contributed by atoms with E-state index in [2.05, 4.69) is 30.6 Å². The zero-order valence-electron chi connectivity index (χ0n) is 8.01. The Bertz CT molecular complexity index is 581. The number of hydrogen-bond acceptors (Lipinski definition) is 3. The van der Waals surface area contributed by atoms with Gasteiger partial charge in [0.15, 0.2) is 5.03 Å². The number of anilines is 1. The Morgan fingerprint density at radius 3 is 2.81 bits per heavy atom. The summed E-state index contributed by atoms with van der Waals surface area (Å²) in [5, 5.41) is 0.106. The average Bonchev–Trinajstić information content (AvgIpc) is 2.69. The van der Waals surface area contributed by atoms with Crippen molar-refractivity contribution in [2.24, 2.45) is 0 Å². The zero-order valence-corrected chi connectivity index (χ0v) is 10.4. The summed E-state index contributed by atoms with van der Waals surface area (Å²) < 4.78 is 26.7. The molecule has 0 aliphatic heterocycles. The number of rotatable bonds is 3. The fourth-order valence-corrected chi connectivity index (χ4v) is 2.45. The normalized spacial score (nSPS) is 11.3. The molecule has 2 rings (SSSR count). The van der Waals surface area contributed by atoms with Gasteiger partial charge < -0.3 is 4.98 Å². The molecule has 0 aliphatic carbocycles. The third-order valence-corrected chi connectivity index (χ3v) is 3.62. The van der Waals surface area contributed by atoms with Crippen LogP contribution in [0.15, 0.2) is 46.2 Å². The van der Waals surface area contributed by atoms with Crippen LogP contribution in [-0.2, 0) is 10.0 Å². The summed E-state index contributed by atoms with van der Waals surface area (Å²) in [5.74, 6) is 0.268. The van der Waals surface area contributed by atoms with Crippen LogP contribution in [0.3, 0.4) is 0 Å². The monoisotopic (exact) mass is 301 g/mol. The third kappa shape index (κ3) is 2.42. The van der Waals surface area contributed by atoms with Crippen molar-refractivity contribution < 1.29 is 8.42 Å². The predicted octanol–water partition coefficient (Wildman–Crippen LogP) is 1.97. The molecule has 0 atom stereocenters. The Hall–Kier alpha value is -1.34. The Morgan fingerprint density at radius 2 is 2.19 bits per heavy atom. The van der Waals surface area contributed by atoms with Crippen molar-refractivity contribution in [2.45, 2.75) is 5.03 Å². The maximum absolute atomic E-state index is 11.8. The van der Waals surface area contributed by atoms with Gasteiger partial charge in [-0.25, -0.2) is 4.98 Å². The van der Waals surface area contributed by atoms with E-state index in [4.69, 9.17) is 0 Å². The van der Waals surface area contributed by atoms with E-state index in [1.54, 1.807) is 24.4 Å². The Labute approximate surface area is 101 Å². The second kappa shape index (κ2) is 4.26. The molecule has 5 nitrogen and oxygen atoms in total. The first-order valence-electron chi connectivity index (χ1n) is 4.36. The van der Waals surface area contributed by atoms with Crippen LogP contribution in [0.2, 0.25) is 0 Å². The smallest absolute Gasteiger partial charge is 0.278 e. The average molecular weight is 302 g/mol. The number of pyridine rings is 1. The fraction of sp³-hybridized carbons (Fsp3) is 0. The molecule has 0 unspecified atom stereocenters. The maximum Gasteiger partial charge on any atom is 0.278 e. The standard InChI is InChI=1S/C9H8BrN3O2S/c10-7-3-5-11-8(6-7)13-16(14,15)9-2-1-4-12-9/h1-6,12H,(H,11,13). The van der Waals surface area contributed by atoms with E-state index in [0.29, 0.717) is 0 Å². The molecule has 2 heterocycles. The minimum absolute atomic E-state index is 0.106. The van der Waals surface area contributed by atoms with Gasteiger partial charge in [0.05, 0.1) is 0 Å². The summed E-state index contributed by atoms with van der Waals surface area (Å²) in [6, 6.07) is 6.39. The molecule has 0 spiro atoms. The molecule has 0 amide bonds. The topological polar surface area (TPSA) is 74.8 Å². The molecule has 0 saturated heterocycles. The summed E-state index contributed by atoms with van der Waals surface area (Å²) in [6.45, 7) is 0. The lowest BCUT2D eigenvalue weighted by atomic mass is 10.5. The highest BCUT2D eigenvalue weighted by molar-refractivity contribution is 9.10. The van der Waals surface area contributed by atoms with Crippen molar-refractivity contribution in [1.82, 2.24) is 9.97 Å². The van der Waals surface area contributed by atoms with E-state index in [1.165, 1.54) is 12.3 Å². The van der Waals surface area contributed by atoms with Crippen LogP contribution in [-0.4, -0.2) is 18.4 Å². The molecule has 7 heteroatoms. The number of aromatic amines is 1. The molecule has 16 heavy (non-hydrogen) atoms. The first-order valence-corrected chi connectivity index (χ1v) is 6.63. The van der Waals surface area contributed by atoms with Crippen LogP contribution in [0, 0.1) is 0 Å². The largest absolute Gasteiger partial charge is 0.351 e. The fourth-order valence-electron chi connectivity index (χ4n) is 1.13. The molecule has 0 radical (unpaired) electrons. The molecule has 0 saturated carbocycles. The molecule has 2 N–H and O–H groups in total. The summed E-state index contributed by atoms with van der Waals surface area (Å²) in [5.41, 5.74) is 0. The van der Waals surface area contributed by atoms with Gasteiger partial charge in [0.1, 0.15) is 5.82 Å². The van der Waals surface area contributed by atoms with Crippen LogP contribution in [0.1, 0.15) is 0 Å². The number of halogens is 1. The van der Waals surface area contributed by atoms with Crippen molar-refractivity contribution in [2.75, 3.05) is 4.72 Å². The van der Waals surface area contributed by atoms with Gasteiger partial charge in [-0.05, 0) is 24.3 Å². The molecule has 0 aliphatic rings. The quantitative estimate of drug-likeness (QED) is 0.910. The highest BCUT2D eigenvalue weighted by atomic mass is 79.9. The molecule has 84 valence electrons. The van der Waals surface area contributed by atoms with E-state index < -0.39 is 10.0 Å². The van der Waals surface area contributed by atoms with Crippen LogP contribution in [0.4, 0.5) is 5.82 Å². The van der Waals surface area contributed by atoms with Gasteiger partial charge in [0.2, 0.25) is 0 Å². The van der Waals surface area contributed by atoms with E-state index in [-0.39, 0.29) is 10.8 Å². The van der Waals surface area contributed by atoms with Crippen molar-refractivity contribution in [1.29, 1.82) is 0 Å². The lowest BCUT2D eigenvalue weighted by Gasteiger charge is -2.05. The second-order valence-electron chi connectivity index (χ2n) is 3.00. The molecule has 0 aromatic carbocycles. The summed E-state index contributed by atoms with van der Waals surface area (Å²) in [6.07, 6.45) is 3.06. The van der Waals surface area contributed by atoms with Gasteiger partial charge in [-0.3, -0.25) is 4.72 Å². The summed E-state index contributed by atoms with van der Waals surface area (Å²) in [7, 11) is -3.58. The molecular formula is C9H8BrN3O2S.